The largest absolute Gasteiger partial charge is 0.418 e. The number of para-hydroxylation sites is 1. The van der Waals surface area contributed by atoms with Crippen LogP contribution in [0, 0.1) is 5.92 Å². The van der Waals surface area contributed by atoms with E-state index in [1.165, 1.54) is 12.1 Å². The molecule has 1 amide bonds. The fraction of sp³-hybridized carbons (Fsp3) is 0.500. The Morgan fingerprint density at radius 2 is 2.05 bits per heavy atom. The zero-order valence-corrected chi connectivity index (χ0v) is 11.1. The molecule has 0 radical (unpaired) electrons. The molecular formula is C14H17F3N2O. The number of anilines is 1. The second kappa shape index (κ2) is 5.34. The predicted octanol–water partition coefficient (Wildman–Crippen LogP) is 3.21. The molecule has 0 saturated heterocycles. The summed E-state index contributed by atoms with van der Waals surface area (Å²) in [6.45, 7) is 2.02. The third kappa shape index (κ3) is 2.89. The lowest BCUT2D eigenvalue weighted by Gasteiger charge is -2.19. The number of rotatable bonds is 2. The summed E-state index contributed by atoms with van der Waals surface area (Å²) in [5.41, 5.74) is 3.91. The average Bonchev–Trinajstić information content (AvgIpc) is 2.73. The van der Waals surface area contributed by atoms with Crippen LogP contribution in [0.2, 0.25) is 0 Å². The van der Waals surface area contributed by atoms with Crippen LogP contribution in [-0.2, 0) is 6.18 Å². The van der Waals surface area contributed by atoms with Crippen molar-refractivity contribution in [1.29, 1.82) is 0 Å². The van der Waals surface area contributed by atoms with Crippen LogP contribution in [0.5, 0.6) is 0 Å². The first-order valence-electron chi connectivity index (χ1n) is 6.57. The summed E-state index contributed by atoms with van der Waals surface area (Å²) in [7, 11) is 0. The number of carbonyl (C=O) groups excluding carboxylic acids is 1. The van der Waals surface area contributed by atoms with Gasteiger partial charge >= 0.3 is 6.18 Å². The summed E-state index contributed by atoms with van der Waals surface area (Å²) in [5.74, 6) is -0.196. The Labute approximate surface area is 115 Å². The number of nitrogen functional groups attached to an aromatic ring is 1. The van der Waals surface area contributed by atoms with E-state index < -0.39 is 23.3 Å². The Kier molecular flexibility index (Phi) is 3.92. The van der Waals surface area contributed by atoms with E-state index in [1.54, 1.807) is 0 Å². The van der Waals surface area contributed by atoms with E-state index >= 15 is 0 Å². The lowest BCUT2D eigenvalue weighted by Crippen LogP contribution is -2.37. The molecule has 3 N–H and O–H groups in total. The van der Waals surface area contributed by atoms with E-state index in [4.69, 9.17) is 5.73 Å². The summed E-state index contributed by atoms with van der Waals surface area (Å²) < 4.78 is 38.2. The van der Waals surface area contributed by atoms with Crippen LogP contribution in [0.4, 0.5) is 18.9 Å². The maximum atomic E-state index is 12.7. The summed E-state index contributed by atoms with van der Waals surface area (Å²) in [4.78, 5) is 12.1. The number of nitrogens with one attached hydrogen (secondary N) is 1. The van der Waals surface area contributed by atoms with Gasteiger partial charge in [-0.05, 0) is 30.9 Å². The van der Waals surface area contributed by atoms with Crippen LogP contribution in [0.25, 0.3) is 0 Å². The monoisotopic (exact) mass is 286 g/mol. The molecule has 1 fully saturated rings. The number of nitrogens with two attached hydrogens (primary N) is 1. The van der Waals surface area contributed by atoms with Crippen molar-refractivity contribution in [1.82, 2.24) is 5.32 Å². The van der Waals surface area contributed by atoms with Crippen LogP contribution in [0.1, 0.15) is 42.1 Å². The number of amides is 1. The molecule has 0 heterocycles. The molecule has 20 heavy (non-hydrogen) atoms. The first-order chi connectivity index (χ1) is 9.30. The van der Waals surface area contributed by atoms with Gasteiger partial charge < -0.3 is 11.1 Å². The Hall–Kier alpha value is -1.72. The number of carbonyl (C=O) groups is 1. The number of hydrogen-bond acceptors (Lipinski definition) is 2. The molecule has 2 atom stereocenters. The molecule has 1 aromatic carbocycles. The lowest BCUT2D eigenvalue weighted by molar-refractivity contribution is -0.136. The van der Waals surface area contributed by atoms with Gasteiger partial charge in [0.05, 0.1) is 16.8 Å². The molecular weight excluding hydrogens is 269 g/mol. The Bertz CT molecular complexity index is 514. The minimum atomic E-state index is -4.55. The molecule has 0 aliphatic heterocycles. The normalized spacial score (nSPS) is 22.8. The minimum absolute atomic E-state index is 0.0106. The number of halogens is 3. The minimum Gasteiger partial charge on any atom is -0.398 e. The summed E-state index contributed by atoms with van der Waals surface area (Å²) in [5, 5.41) is 2.78. The Morgan fingerprint density at radius 1 is 1.35 bits per heavy atom. The predicted molar refractivity (Wildman–Crippen MR) is 70.1 cm³/mol. The molecule has 6 heteroatoms. The smallest absolute Gasteiger partial charge is 0.398 e. The Morgan fingerprint density at radius 3 is 2.60 bits per heavy atom. The van der Waals surface area contributed by atoms with Gasteiger partial charge in [-0.2, -0.15) is 13.2 Å². The van der Waals surface area contributed by atoms with Gasteiger partial charge in [-0.15, -0.1) is 0 Å². The lowest BCUT2D eigenvalue weighted by atomic mass is 10.0. The van der Waals surface area contributed by atoms with Crippen molar-refractivity contribution in [2.45, 2.75) is 38.4 Å². The second-order valence-electron chi connectivity index (χ2n) is 5.25. The third-order valence-electron chi connectivity index (χ3n) is 3.83. The van der Waals surface area contributed by atoms with Gasteiger partial charge in [0.15, 0.2) is 0 Å². The van der Waals surface area contributed by atoms with Gasteiger partial charge in [0, 0.05) is 6.04 Å². The van der Waals surface area contributed by atoms with Crippen molar-refractivity contribution in [3.63, 3.8) is 0 Å². The molecule has 2 unspecified atom stereocenters. The fourth-order valence-electron chi connectivity index (χ4n) is 2.62. The van der Waals surface area contributed by atoms with E-state index in [0.717, 1.165) is 25.3 Å². The standard InChI is InChI=1S/C14H17F3N2O/c1-8-4-2-7-11(8)19-13(20)9-5-3-6-10(12(9)18)14(15,16)17/h3,5-6,8,11H,2,4,7,18H2,1H3,(H,19,20). The van der Waals surface area contributed by atoms with E-state index in [9.17, 15) is 18.0 Å². The highest BCUT2D eigenvalue weighted by molar-refractivity contribution is 6.00. The third-order valence-corrected chi connectivity index (χ3v) is 3.83. The van der Waals surface area contributed by atoms with Crippen molar-refractivity contribution >= 4 is 11.6 Å². The van der Waals surface area contributed by atoms with Crippen LogP contribution in [0.15, 0.2) is 18.2 Å². The molecule has 1 saturated carbocycles. The first kappa shape index (κ1) is 14.7. The van der Waals surface area contributed by atoms with E-state index in [-0.39, 0.29) is 11.6 Å². The van der Waals surface area contributed by atoms with E-state index in [0.29, 0.717) is 5.92 Å². The fourth-order valence-corrected chi connectivity index (χ4v) is 2.62. The van der Waals surface area contributed by atoms with Gasteiger partial charge in [0.2, 0.25) is 0 Å². The van der Waals surface area contributed by atoms with Crippen molar-refractivity contribution in [2.75, 3.05) is 5.73 Å². The topological polar surface area (TPSA) is 55.1 Å². The molecule has 1 aliphatic rings. The Balaban J connectivity index is 2.22. The van der Waals surface area contributed by atoms with Crippen LogP contribution < -0.4 is 11.1 Å². The highest BCUT2D eigenvalue weighted by Gasteiger charge is 2.34. The molecule has 3 nitrogen and oxygen atoms in total. The van der Waals surface area contributed by atoms with Crippen molar-refractivity contribution in [3.05, 3.63) is 29.3 Å². The maximum absolute atomic E-state index is 12.7. The van der Waals surface area contributed by atoms with E-state index in [1.807, 2.05) is 6.92 Å². The first-order valence-corrected chi connectivity index (χ1v) is 6.57. The highest BCUT2D eigenvalue weighted by Crippen LogP contribution is 2.35. The van der Waals surface area contributed by atoms with Crippen molar-refractivity contribution in [2.24, 2.45) is 5.92 Å². The molecule has 1 aliphatic carbocycles. The second-order valence-corrected chi connectivity index (χ2v) is 5.25. The molecule has 0 bridgehead atoms. The number of hydrogen-bond donors (Lipinski definition) is 2. The quantitative estimate of drug-likeness (QED) is 0.820. The summed E-state index contributed by atoms with van der Waals surface area (Å²) in [6, 6.07) is 3.41. The van der Waals surface area contributed by atoms with Crippen LogP contribution in [0.3, 0.4) is 0 Å². The zero-order chi connectivity index (χ0) is 14.9. The number of benzene rings is 1. The molecule has 110 valence electrons. The average molecular weight is 286 g/mol. The van der Waals surface area contributed by atoms with Crippen molar-refractivity contribution < 1.29 is 18.0 Å². The van der Waals surface area contributed by atoms with Crippen LogP contribution in [-0.4, -0.2) is 11.9 Å². The summed E-state index contributed by atoms with van der Waals surface area (Å²) in [6.07, 6.45) is -1.67. The van der Waals surface area contributed by atoms with Crippen LogP contribution >= 0.6 is 0 Å². The highest BCUT2D eigenvalue weighted by atomic mass is 19.4. The number of alkyl halides is 3. The van der Waals surface area contributed by atoms with E-state index in [2.05, 4.69) is 5.32 Å². The van der Waals surface area contributed by atoms with Gasteiger partial charge in [-0.25, -0.2) is 0 Å². The van der Waals surface area contributed by atoms with Gasteiger partial charge in [0.1, 0.15) is 0 Å². The molecule has 0 spiro atoms. The van der Waals surface area contributed by atoms with Gasteiger partial charge in [-0.1, -0.05) is 19.4 Å². The van der Waals surface area contributed by atoms with Crippen molar-refractivity contribution in [3.8, 4) is 0 Å². The molecule has 1 aromatic rings. The SMILES string of the molecule is CC1CCCC1NC(=O)c1cccc(C(F)(F)F)c1N. The van der Waals surface area contributed by atoms with Gasteiger partial charge in [0.25, 0.3) is 5.91 Å². The van der Waals surface area contributed by atoms with Gasteiger partial charge in [-0.3, -0.25) is 4.79 Å². The molecule has 0 aromatic heterocycles. The molecule has 2 rings (SSSR count). The summed E-state index contributed by atoms with van der Waals surface area (Å²) >= 11 is 0. The maximum Gasteiger partial charge on any atom is 0.418 e. The zero-order valence-electron chi connectivity index (χ0n) is 11.1.